The van der Waals surface area contributed by atoms with E-state index in [-0.39, 0.29) is 24.8 Å². The van der Waals surface area contributed by atoms with Crippen molar-refractivity contribution in [2.75, 3.05) is 20.8 Å². The van der Waals surface area contributed by atoms with Gasteiger partial charge in [-0.25, -0.2) is 0 Å². The highest BCUT2D eigenvalue weighted by Crippen LogP contribution is 2.24. The first kappa shape index (κ1) is 18.4. The maximum Gasteiger partial charge on any atom is 0.239 e. The summed E-state index contributed by atoms with van der Waals surface area (Å²) in [5.41, 5.74) is 0.874. The standard InChI is InChI=1S/C18H22N2O5/c1-23-14-6-7-16(24-2)13(10-14)5-8-17(21)20-12-18(22)19-11-15-4-3-9-25-15/h3-4,6-7,9-10H,5,8,11-12H2,1-2H3,(H,19,22)(H,20,21). The Kier molecular flexibility index (Phi) is 6.88. The number of methoxy groups -OCH3 is 2. The maximum absolute atomic E-state index is 11.9. The van der Waals surface area contributed by atoms with Gasteiger partial charge in [-0.15, -0.1) is 0 Å². The summed E-state index contributed by atoms with van der Waals surface area (Å²) in [6, 6.07) is 8.94. The molecule has 0 saturated carbocycles. The minimum atomic E-state index is -0.274. The van der Waals surface area contributed by atoms with Gasteiger partial charge in [0.2, 0.25) is 11.8 Å². The number of ether oxygens (including phenoxy) is 2. The largest absolute Gasteiger partial charge is 0.497 e. The van der Waals surface area contributed by atoms with Crippen molar-refractivity contribution >= 4 is 11.8 Å². The van der Waals surface area contributed by atoms with Crippen molar-refractivity contribution in [2.45, 2.75) is 19.4 Å². The smallest absolute Gasteiger partial charge is 0.239 e. The van der Waals surface area contributed by atoms with Crippen LogP contribution in [0.25, 0.3) is 0 Å². The summed E-state index contributed by atoms with van der Waals surface area (Å²) < 4.78 is 15.6. The number of carbonyl (C=O) groups excluding carboxylic acids is 2. The number of nitrogens with one attached hydrogen (secondary N) is 2. The summed E-state index contributed by atoms with van der Waals surface area (Å²) in [5, 5.41) is 5.26. The molecular formula is C18H22N2O5. The van der Waals surface area contributed by atoms with E-state index < -0.39 is 0 Å². The zero-order valence-corrected chi connectivity index (χ0v) is 14.3. The Bertz CT molecular complexity index is 697. The number of furan rings is 1. The number of aryl methyl sites for hydroxylation is 1. The number of benzene rings is 1. The van der Waals surface area contributed by atoms with E-state index in [1.165, 1.54) is 6.26 Å². The van der Waals surface area contributed by atoms with Crippen LogP contribution in [-0.2, 0) is 22.6 Å². The molecule has 2 aromatic rings. The van der Waals surface area contributed by atoms with E-state index in [2.05, 4.69) is 10.6 Å². The minimum Gasteiger partial charge on any atom is -0.497 e. The van der Waals surface area contributed by atoms with Crippen LogP contribution in [0.2, 0.25) is 0 Å². The molecule has 7 heteroatoms. The Balaban J connectivity index is 1.74. The molecule has 2 N–H and O–H groups in total. The van der Waals surface area contributed by atoms with Gasteiger partial charge in [-0.1, -0.05) is 0 Å². The molecule has 0 atom stereocenters. The maximum atomic E-state index is 11.9. The highest BCUT2D eigenvalue weighted by atomic mass is 16.5. The normalized spacial score (nSPS) is 10.2. The SMILES string of the molecule is COc1ccc(OC)c(CCC(=O)NCC(=O)NCc2ccco2)c1. The number of amides is 2. The minimum absolute atomic E-state index is 0.0746. The van der Waals surface area contributed by atoms with Gasteiger partial charge >= 0.3 is 0 Å². The molecule has 0 fully saturated rings. The van der Waals surface area contributed by atoms with E-state index in [1.807, 2.05) is 6.07 Å². The van der Waals surface area contributed by atoms with E-state index in [0.717, 1.165) is 5.56 Å². The van der Waals surface area contributed by atoms with Gasteiger partial charge in [0.25, 0.3) is 0 Å². The molecule has 0 bridgehead atoms. The van der Waals surface area contributed by atoms with Crippen LogP contribution in [0, 0.1) is 0 Å². The summed E-state index contributed by atoms with van der Waals surface area (Å²) >= 11 is 0. The fraction of sp³-hybridized carbons (Fsp3) is 0.333. The second-order valence-corrected chi connectivity index (χ2v) is 5.31. The zero-order valence-electron chi connectivity index (χ0n) is 14.3. The molecule has 0 aliphatic heterocycles. The molecule has 0 unspecified atom stereocenters. The topological polar surface area (TPSA) is 89.8 Å². The van der Waals surface area contributed by atoms with Crippen LogP contribution in [0.15, 0.2) is 41.0 Å². The van der Waals surface area contributed by atoms with Crippen molar-refractivity contribution in [1.82, 2.24) is 10.6 Å². The third-order valence-corrected chi connectivity index (χ3v) is 3.59. The van der Waals surface area contributed by atoms with Crippen molar-refractivity contribution in [1.29, 1.82) is 0 Å². The van der Waals surface area contributed by atoms with Gasteiger partial charge in [0.05, 0.1) is 33.6 Å². The third kappa shape index (κ3) is 5.87. The van der Waals surface area contributed by atoms with Gasteiger partial charge in [-0.2, -0.15) is 0 Å². The summed E-state index contributed by atoms with van der Waals surface area (Å²) in [5.74, 6) is 1.57. The lowest BCUT2D eigenvalue weighted by Gasteiger charge is -2.10. The fourth-order valence-electron chi connectivity index (χ4n) is 2.25. The Morgan fingerprint density at radius 3 is 2.60 bits per heavy atom. The molecule has 25 heavy (non-hydrogen) atoms. The van der Waals surface area contributed by atoms with Crippen molar-refractivity contribution in [3.05, 3.63) is 47.9 Å². The van der Waals surface area contributed by atoms with E-state index in [9.17, 15) is 9.59 Å². The average Bonchev–Trinajstić information content (AvgIpc) is 3.16. The fourth-order valence-corrected chi connectivity index (χ4v) is 2.25. The van der Waals surface area contributed by atoms with Crippen molar-refractivity contribution in [3.63, 3.8) is 0 Å². The molecule has 0 spiro atoms. The number of carbonyl (C=O) groups is 2. The molecule has 134 valence electrons. The van der Waals surface area contributed by atoms with Crippen LogP contribution in [0.3, 0.4) is 0 Å². The first-order valence-corrected chi connectivity index (χ1v) is 7.89. The quantitative estimate of drug-likeness (QED) is 0.721. The van der Waals surface area contributed by atoms with Crippen LogP contribution >= 0.6 is 0 Å². The van der Waals surface area contributed by atoms with Gasteiger partial charge in [-0.05, 0) is 42.3 Å². The number of hydrogen-bond acceptors (Lipinski definition) is 5. The lowest BCUT2D eigenvalue weighted by atomic mass is 10.1. The molecule has 7 nitrogen and oxygen atoms in total. The second-order valence-electron chi connectivity index (χ2n) is 5.31. The Hall–Kier alpha value is -2.96. The Morgan fingerprint density at radius 2 is 1.92 bits per heavy atom. The van der Waals surface area contributed by atoms with Gasteiger partial charge in [0, 0.05) is 6.42 Å². The predicted molar refractivity (Wildman–Crippen MR) is 91.4 cm³/mol. The average molecular weight is 346 g/mol. The summed E-state index contributed by atoms with van der Waals surface area (Å²) in [4.78, 5) is 23.6. The number of hydrogen-bond donors (Lipinski definition) is 2. The van der Waals surface area contributed by atoms with Crippen LogP contribution in [0.5, 0.6) is 11.5 Å². The summed E-state index contributed by atoms with van der Waals surface area (Å²) in [6.45, 7) is 0.220. The van der Waals surface area contributed by atoms with Crippen LogP contribution in [-0.4, -0.2) is 32.6 Å². The van der Waals surface area contributed by atoms with Gasteiger partial charge in [0.15, 0.2) is 0 Å². The summed E-state index contributed by atoms with van der Waals surface area (Å²) in [6.07, 6.45) is 2.27. The first-order valence-electron chi connectivity index (χ1n) is 7.89. The van der Waals surface area contributed by atoms with E-state index in [4.69, 9.17) is 13.9 Å². The molecule has 2 amide bonds. The molecule has 2 rings (SSSR count). The van der Waals surface area contributed by atoms with Gasteiger partial charge in [-0.3, -0.25) is 9.59 Å². The van der Waals surface area contributed by atoms with Crippen LogP contribution < -0.4 is 20.1 Å². The lowest BCUT2D eigenvalue weighted by molar-refractivity contribution is -0.126. The number of rotatable bonds is 9. The van der Waals surface area contributed by atoms with Crippen LogP contribution in [0.1, 0.15) is 17.7 Å². The molecule has 1 aromatic heterocycles. The van der Waals surface area contributed by atoms with Crippen LogP contribution in [0.4, 0.5) is 0 Å². The van der Waals surface area contributed by atoms with E-state index >= 15 is 0 Å². The predicted octanol–water partition coefficient (Wildman–Crippen LogP) is 1.66. The Morgan fingerprint density at radius 1 is 1.08 bits per heavy atom. The van der Waals surface area contributed by atoms with Gasteiger partial charge < -0.3 is 24.5 Å². The Labute approximate surface area is 146 Å². The summed E-state index contributed by atoms with van der Waals surface area (Å²) in [7, 11) is 3.16. The zero-order chi connectivity index (χ0) is 18.1. The molecule has 0 saturated heterocycles. The highest BCUT2D eigenvalue weighted by molar-refractivity contribution is 5.84. The molecule has 1 aromatic carbocycles. The third-order valence-electron chi connectivity index (χ3n) is 3.59. The first-order chi connectivity index (χ1) is 12.1. The van der Waals surface area contributed by atoms with Gasteiger partial charge in [0.1, 0.15) is 17.3 Å². The molecule has 0 radical (unpaired) electrons. The van der Waals surface area contributed by atoms with Crippen molar-refractivity contribution < 1.29 is 23.5 Å². The van der Waals surface area contributed by atoms with Crippen molar-refractivity contribution in [2.24, 2.45) is 0 Å². The van der Waals surface area contributed by atoms with Crippen molar-refractivity contribution in [3.8, 4) is 11.5 Å². The molecule has 0 aliphatic rings. The second kappa shape index (κ2) is 9.36. The molecule has 0 aliphatic carbocycles. The highest BCUT2D eigenvalue weighted by Gasteiger charge is 2.10. The monoisotopic (exact) mass is 346 g/mol. The lowest BCUT2D eigenvalue weighted by Crippen LogP contribution is -2.36. The molecular weight excluding hydrogens is 324 g/mol. The van der Waals surface area contributed by atoms with E-state index in [0.29, 0.717) is 30.2 Å². The van der Waals surface area contributed by atoms with E-state index in [1.54, 1.807) is 38.5 Å². The molecule has 1 heterocycles.